The first kappa shape index (κ1) is 24.3. The van der Waals surface area contributed by atoms with E-state index in [0.29, 0.717) is 0 Å². The monoisotopic (exact) mass is 409 g/mol. The van der Waals surface area contributed by atoms with Crippen molar-refractivity contribution in [1.29, 1.82) is 0 Å². The van der Waals surface area contributed by atoms with E-state index in [-0.39, 0.29) is 0 Å². The van der Waals surface area contributed by atoms with Crippen LogP contribution in [0.3, 0.4) is 0 Å². The topological polar surface area (TPSA) is 36.1 Å². The molecule has 2 rings (SSSR count). The van der Waals surface area contributed by atoms with Crippen LogP contribution in [0.2, 0.25) is 0 Å². The maximum Gasteiger partial charge on any atom is 0.0653 e. The molecule has 30 heavy (non-hydrogen) atoms. The van der Waals surface area contributed by atoms with Gasteiger partial charge in [-0.1, -0.05) is 65.8 Å². The average molecular weight is 410 g/mol. The van der Waals surface area contributed by atoms with Gasteiger partial charge in [-0.2, -0.15) is 0 Å². The largest absolute Gasteiger partial charge is 0.383 e. The lowest BCUT2D eigenvalue weighted by molar-refractivity contribution is 0.743. The van der Waals surface area contributed by atoms with Crippen molar-refractivity contribution in [3.63, 3.8) is 0 Å². The van der Waals surface area contributed by atoms with Gasteiger partial charge in [0, 0.05) is 24.5 Å². The molecule has 3 heteroatoms. The minimum Gasteiger partial charge on any atom is -0.383 e. The Morgan fingerprint density at radius 3 is 1.27 bits per heavy atom. The van der Waals surface area contributed by atoms with Gasteiger partial charge in [0.2, 0.25) is 0 Å². The van der Waals surface area contributed by atoms with E-state index in [1.807, 2.05) is 0 Å². The molecule has 3 nitrogen and oxygen atoms in total. The van der Waals surface area contributed by atoms with Gasteiger partial charge >= 0.3 is 0 Å². The molecular formula is C27H43N3. The second kappa shape index (κ2) is 12.6. The van der Waals surface area contributed by atoms with Gasteiger partial charge in [0.05, 0.1) is 6.67 Å². The summed E-state index contributed by atoms with van der Waals surface area (Å²) < 4.78 is 0. The molecule has 0 aliphatic heterocycles. The molecule has 0 saturated carbocycles. The van der Waals surface area contributed by atoms with E-state index in [9.17, 15) is 0 Å². The van der Waals surface area contributed by atoms with Crippen LogP contribution in [0.1, 0.15) is 74.9 Å². The molecule has 0 radical (unpaired) electrons. The van der Waals surface area contributed by atoms with E-state index >= 15 is 0 Å². The molecule has 0 aliphatic rings. The van der Waals surface area contributed by atoms with Crippen molar-refractivity contribution in [1.82, 2.24) is 5.32 Å². The van der Waals surface area contributed by atoms with Crippen molar-refractivity contribution in [2.24, 2.45) is 0 Å². The zero-order valence-electron chi connectivity index (χ0n) is 20.2. The van der Waals surface area contributed by atoms with Gasteiger partial charge < -0.3 is 10.6 Å². The molecule has 0 atom stereocenters. The predicted octanol–water partition coefficient (Wildman–Crippen LogP) is 6.13. The lowest BCUT2D eigenvalue weighted by Gasteiger charge is -2.19. The molecule has 2 aromatic rings. The van der Waals surface area contributed by atoms with Gasteiger partial charge in [0.1, 0.15) is 0 Å². The van der Waals surface area contributed by atoms with Gasteiger partial charge in [-0.15, -0.1) is 0 Å². The van der Waals surface area contributed by atoms with Crippen molar-refractivity contribution in [2.45, 2.75) is 80.1 Å². The summed E-state index contributed by atoms with van der Waals surface area (Å²) in [6, 6.07) is 9.47. The maximum absolute atomic E-state index is 3.70. The van der Waals surface area contributed by atoms with Crippen molar-refractivity contribution in [3.8, 4) is 0 Å². The van der Waals surface area contributed by atoms with E-state index in [1.54, 1.807) is 0 Å². The summed E-state index contributed by atoms with van der Waals surface area (Å²) >= 11 is 0. The van der Waals surface area contributed by atoms with Crippen LogP contribution < -0.4 is 16.0 Å². The number of anilines is 2. The van der Waals surface area contributed by atoms with Crippen molar-refractivity contribution >= 4 is 11.4 Å². The first-order valence-corrected chi connectivity index (χ1v) is 12.1. The number of hydrogen-bond acceptors (Lipinski definition) is 3. The molecule has 0 fully saturated rings. The molecule has 0 aliphatic carbocycles. The average Bonchev–Trinajstić information content (AvgIpc) is 2.80. The molecule has 0 spiro atoms. The fourth-order valence-corrected chi connectivity index (χ4v) is 4.17. The highest BCUT2D eigenvalue weighted by Crippen LogP contribution is 2.26. The van der Waals surface area contributed by atoms with Crippen molar-refractivity contribution in [3.05, 3.63) is 57.6 Å². The van der Waals surface area contributed by atoms with Crippen LogP contribution in [0, 0.1) is 0 Å². The third kappa shape index (κ3) is 6.25. The van der Waals surface area contributed by atoms with Crippen LogP contribution >= 0.6 is 0 Å². The summed E-state index contributed by atoms with van der Waals surface area (Å²) in [5.74, 6) is 0. The van der Waals surface area contributed by atoms with E-state index in [4.69, 9.17) is 0 Å². The molecule has 0 saturated heterocycles. The van der Waals surface area contributed by atoms with Gasteiger partial charge in [0.15, 0.2) is 0 Å². The fourth-order valence-electron chi connectivity index (χ4n) is 4.17. The van der Waals surface area contributed by atoms with E-state index < -0.39 is 0 Å². The standard InChI is InChI=1S/C27H43N3/c1-7-20-15-22(9-3)26(23(10-4)16-20)29-14-13-28-19-30-27-24(11-5)17-21(8-2)18-25(27)12-6/h15-18,28-30H,7-14,19H2,1-6H3. The zero-order chi connectivity index (χ0) is 21.9. The van der Waals surface area contributed by atoms with E-state index in [2.05, 4.69) is 81.8 Å². The summed E-state index contributed by atoms with van der Waals surface area (Å²) in [4.78, 5) is 0. The lowest BCUT2D eigenvalue weighted by atomic mass is 9.98. The van der Waals surface area contributed by atoms with E-state index in [0.717, 1.165) is 58.3 Å². The van der Waals surface area contributed by atoms with Crippen LogP contribution in [-0.2, 0) is 38.5 Å². The minimum absolute atomic E-state index is 0.795. The van der Waals surface area contributed by atoms with Crippen LogP contribution in [0.4, 0.5) is 11.4 Å². The third-order valence-electron chi connectivity index (χ3n) is 6.06. The Hall–Kier alpha value is -2.00. The molecule has 0 aromatic heterocycles. The predicted molar refractivity (Wildman–Crippen MR) is 134 cm³/mol. The van der Waals surface area contributed by atoms with E-state index in [1.165, 1.54) is 44.8 Å². The molecule has 3 N–H and O–H groups in total. The van der Waals surface area contributed by atoms with Crippen LogP contribution in [0.15, 0.2) is 24.3 Å². The summed E-state index contributed by atoms with van der Waals surface area (Å²) in [5, 5.41) is 10.9. The van der Waals surface area contributed by atoms with Gasteiger partial charge in [0.25, 0.3) is 0 Å². The highest BCUT2D eigenvalue weighted by Gasteiger charge is 2.09. The molecule has 0 heterocycles. The first-order chi connectivity index (χ1) is 14.6. The Bertz CT molecular complexity index is 677. The quantitative estimate of drug-likeness (QED) is 0.275. The summed E-state index contributed by atoms with van der Waals surface area (Å²) in [6.07, 6.45) is 6.49. The second-order valence-electron chi connectivity index (χ2n) is 7.98. The highest BCUT2D eigenvalue weighted by molar-refractivity contribution is 5.60. The smallest absolute Gasteiger partial charge is 0.0653 e. The summed E-state index contributed by atoms with van der Waals surface area (Å²) in [7, 11) is 0. The number of nitrogens with one attached hydrogen (secondary N) is 3. The maximum atomic E-state index is 3.70. The van der Waals surface area contributed by atoms with Crippen molar-refractivity contribution in [2.75, 3.05) is 30.4 Å². The van der Waals surface area contributed by atoms with Gasteiger partial charge in [-0.05, 0) is 71.9 Å². The molecule has 2 aromatic carbocycles. The van der Waals surface area contributed by atoms with Crippen LogP contribution in [-0.4, -0.2) is 19.8 Å². The fraction of sp³-hybridized carbons (Fsp3) is 0.556. The molecule has 0 amide bonds. The Morgan fingerprint density at radius 2 is 0.900 bits per heavy atom. The molecule has 166 valence electrons. The lowest BCUT2D eigenvalue weighted by Crippen LogP contribution is -2.28. The number of aryl methyl sites for hydroxylation is 6. The first-order valence-electron chi connectivity index (χ1n) is 12.1. The van der Waals surface area contributed by atoms with Crippen LogP contribution in [0.25, 0.3) is 0 Å². The molecule has 0 unspecified atom stereocenters. The Morgan fingerprint density at radius 1 is 0.500 bits per heavy atom. The van der Waals surface area contributed by atoms with Gasteiger partial charge in [-0.25, -0.2) is 0 Å². The second-order valence-corrected chi connectivity index (χ2v) is 7.98. The number of benzene rings is 2. The highest BCUT2D eigenvalue weighted by atomic mass is 15.1. The Labute approximate surface area is 185 Å². The minimum atomic E-state index is 0.795. The summed E-state index contributed by atoms with van der Waals surface area (Å²) in [6.45, 7) is 16.1. The Kier molecular flexibility index (Phi) is 10.2. The normalized spacial score (nSPS) is 11.0. The van der Waals surface area contributed by atoms with Gasteiger partial charge in [-0.3, -0.25) is 5.32 Å². The Balaban J connectivity index is 1.92. The SMILES string of the molecule is CCc1cc(CC)c(NCCNCNc2c(CC)cc(CC)cc2CC)c(CC)c1. The number of rotatable bonds is 13. The van der Waals surface area contributed by atoms with Crippen LogP contribution in [0.5, 0.6) is 0 Å². The van der Waals surface area contributed by atoms with Crippen molar-refractivity contribution < 1.29 is 0 Å². The molecule has 0 bridgehead atoms. The molecular weight excluding hydrogens is 366 g/mol. The zero-order valence-corrected chi connectivity index (χ0v) is 20.2. The summed E-state index contributed by atoms with van der Waals surface area (Å²) in [5.41, 5.74) is 11.3. The third-order valence-corrected chi connectivity index (χ3v) is 6.06. The number of hydrogen-bond donors (Lipinski definition) is 3.